The van der Waals surface area contributed by atoms with Gasteiger partial charge in [0.1, 0.15) is 5.82 Å². The summed E-state index contributed by atoms with van der Waals surface area (Å²) in [5, 5.41) is 11.8. The van der Waals surface area contributed by atoms with Crippen molar-refractivity contribution >= 4 is 11.3 Å². The van der Waals surface area contributed by atoms with E-state index in [0.717, 1.165) is 29.1 Å². The highest BCUT2D eigenvalue weighted by Crippen LogP contribution is 2.14. The summed E-state index contributed by atoms with van der Waals surface area (Å²) in [5.74, 6) is -0.192. The molecule has 1 aromatic carbocycles. The zero-order chi connectivity index (χ0) is 12.1. The number of aliphatic hydroxyl groups excluding tert-OH is 1. The molecule has 1 heterocycles. The Labute approximate surface area is 104 Å². The molecule has 2 rings (SSSR count). The van der Waals surface area contributed by atoms with Crippen LogP contribution in [0.25, 0.3) is 0 Å². The molecule has 2 nitrogen and oxygen atoms in total. The minimum atomic E-state index is -0.192. The molecule has 0 atom stereocenters. The molecule has 0 fully saturated rings. The SMILES string of the molecule is OCCc1csc(CCc2cccc(F)c2)n1. The van der Waals surface area contributed by atoms with Gasteiger partial charge in [0, 0.05) is 24.8 Å². The van der Waals surface area contributed by atoms with Crippen molar-refractivity contribution in [2.45, 2.75) is 19.3 Å². The molecule has 1 aromatic heterocycles. The van der Waals surface area contributed by atoms with Crippen LogP contribution < -0.4 is 0 Å². The van der Waals surface area contributed by atoms with E-state index in [4.69, 9.17) is 5.11 Å². The van der Waals surface area contributed by atoms with E-state index >= 15 is 0 Å². The van der Waals surface area contributed by atoms with Crippen molar-refractivity contribution in [2.24, 2.45) is 0 Å². The fraction of sp³-hybridized carbons (Fsp3) is 0.308. The summed E-state index contributed by atoms with van der Waals surface area (Å²) in [6.45, 7) is 0.132. The number of nitrogens with zero attached hydrogens (tertiary/aromatic N) is 1. The van der Waals surface area contributed by atoms with Crippen molar-refractivity contribution in [3.63, 3.8) is 0 Å². The lowest BCUT2D eigenvalue weighted by Gasteiger charge is -1.99. The maximum atomic E-state index is 13.0. The van der Waals surface area contributed by atoms with Crippen LogP contribution in [0.4, 0.5) is 4.39 Å². The lowest BCUT2D eigenvalue weighted by Crippen LogP contribution is -1.94. The lowest BCUT2D eigenvalue weighted by molar-refractivity contribution is 0.298. The Morgan fingerprint density at radius 2 is 2.12 bits per heavy atom. The van der Waals surface area contributed by atoms with Crippen LogP contribution in [0.15, 0.2) is 29.6 Å². The van der Waals surface area contributed by atoms with Crippen molar-refractivity contribution < 1.29 is 9.50 Å². The summed E-state index contributed by atoms with van der Waals surface area (Å²) in [6.07, 6.45) is 2.22. The molecule has 0 radical (unpaired) electrons. The smallest absolute Gasteiger partial charge is 0.123 e. The van der Waals surface area contributed by atoms with E-state index < -0.39 is 0 Å². The first-order valence-corrected chi connectivity index (χ1v) is 6.44. The second-order valence-corrected chi connectivity index (χ2v) is 4.78. The molecular formula is C13H14FNOS. The van der Waals surface area contributed by atoms with Gasteiger partial charge in [0.05, 0.1) is 10.7 Å². The van der Waals surface area contributed by atoms with Crippen LogP contribution in [0.3, 0.4) is 0 Å². The number of aliphatic hydroxyl groups is 1. The first-order chi connectivity index (χ1) is 8.28. The van der Waals surface area contributed by atoms with E-state index in [-0.39, 0.29) is 12.4 Å². The van der Waals surface area contributed by atoms with Crippen LogP contribution in [0.5, 0.6) is 0 Å². The fourth-order valence-electron chi connectivity index (χ4n) is 1.64. The van der Waals surface area contributed by atoms with E-state index in [1.54, 1.807) is 23.5 Å². The van der Waals surface area contributed by atoms with E-state index in [1.165, 1.54) is 6.07 Å². The predicted molar refractivity (Wildman–Crippen MR) is 66.7 cm³/mol. The minimum Gasteiger partial charge on any atom is -0.396 e. The Balaban J connectivity index is 1.93. The van der Waals surface area contributed by atoms with Crippen molar-refractivity contribution in [1.82, 2.24) is 4.98 Å². The number of hydrogen-bond acceptors (Lipinski definition) is 3. The second-order valence-electron chi connectivity index (χ2n) is 3.84. The number of rotatable bonds is 5. The molecule has 90 valence electrons. The Bertz CT molecular complexity index is 484. The number of halogens is 1. The number of aromatic nitrogens is 1. The van der Waals surface area contributed by atoms with E-state index in [2.05, 4.69) is 4.98 Å². The molecule has 0 saturated heterocycles. The van der Waals surface area contributed by atoms with Gasteiger partial charge in [-0.05, 0) is 24.1 Å². The Morgan fingerprint density at radius 1 is 1.24 bits per heavy atom. The molecule has 0 amide bonds. The molecule has 1 N–H and O–H groups in total. The van der Waals surface area contributed by atoms with Gasteiger partial charge in [-0.3, -0.25) is 0 Å². The maximum absolute atomic E-state index is 13.0. The summed E-state index contributed by atoms with van der Waals surface area (Å²) in [7, 11) is 0. The van der Waals surface area contributed by atoms with Gasteiger partial charge in [0.25, 0.3) is 0 Å². The van der Waals surface area contributed by atoms with Crippen LogP contribution in [0.1, 0.15) is 16.3 Å². The van der Waals surface area contributed by atoms with E-state index in [1.807, 2.05) is 11.4 Å². The lowest BCUT2D eigenvalue weighted by atomic mass is 10.1. The largest absolute Gasteiger partial charge is 0.396 e. The quantitative estimate of drug-likeness (QED) is 0.886. The molecule has 0 aliphatic carbocycles. The van der Waals surface area contributed by atoms with Crippen molar-refractivity contribution in [2.75, 3.05) is 6.61 Å². The van der Waals surface area contributed by atoms with Gasteiger partial charge in [0.2, 0.25) is 0 Å². The molecule has 17 heavy (non-hydrogen) atoms. The highest BCUT2D eigenvalue weighted by molar-refractivity contribution is 7.09. The number of benzene rings is 1. The Kier molecular flexibility index (Phi) is 4.23. The molecular weight excluding hydrogens is 237 g/mol. The normalized spacial score (nSPS) is 10.7. The van der Waals surface area contributed by atoms with Crippen LogP contribution in [0.2, 0.25) is 0 Å². The summed E-state index contributed by atoms with van der Waals surface area (Å²) < 4.78 is 13.0. The predicted octanol–water partition coefficient (Wildman–Crippen LogP) is 2.60. The second kappa shape index (κ2) is 5.89. The average Bonchev–Trinajstić information content (AvgIpc) is 2.75. The van der Waals surface area contributed by atoms with Gasteiger partial charge < -0.3 is 5.11 Å². The average molecular weight is 251 g/mol. The summed E-state index contributed by atoms with van der Waals surface area (Å²) >= 11 is 1.60. The van der Waals surface area contributed by atoms with Gasteiger partial charge >= 0.3 is 0 Å². The fourth-order valence-corrected chi connectivity index (χ4v) is 2.47. The highest BCUT2D eigenvalue weighted by Gasteiger charge is 2.02. The summed E-state index contributed by atoms with van der Waals surface area (Å²) in [5.41, 5.74) is 1.93. The third kappa shape index (κ3) is 3.61. The molecule has 4 heteroatoms. The van der Waals surface area contributed by atoms with Crippen LogP contribution in [-0.2, 0) is 19.3 Å². The monoisotopic (exact) mass is 251 g/mol. The molecule has 0 saturated carbocycles. The zero-order valence-corrected chi connectivity index (χ0v) is 10.2. The third-order valence-electron chi connectivity index (χ3n) is 2.48. The van der Waals surface area contributed by atoms with E-state index in [0.29, 0.717) is 6.42 Å². The molecule has 2 aromatic rings. The van der Waals surface area contributed by atoms with Gasteiger partial charge in [-0.25, -0.2) is 9.37 Å². The van der Waals surface area contributed by atoms with Gasteiger partial charge in [-0.2, -0.15) is 0 Å². The first-order valence-electron chi connectivity index (χ1n) is 5.56. The van der Waals surface area contributed by atoms with Gasteiger partial charge in [-0.15, -0.1) is 11.3 Å². The van der Waals surface area contributed by atoms with Crippen LogP contribution in [-0.4, -0.2) is 16.7 Å². The molecule has 0 aliphatic heterocycles. The van der Waals surface area contributed by atoms with Gasteiger partial charge in [0.15, 0.2) is 0 Å². The number of thiazole rings is 1. The van der Waals surface area contributed by atoms with Crippen LogP contribution in [0, 0.1) is 5.82 Å². The molecule has 0 bridgehead atoms. The highest BCUT2D eigenvalue weighted by atomic mass is 32.1. The van der Waals surface area contributed by atoms with E-state index in [9.17, 15) is 4.39 Å². The van der Waals surface area contributed by atoms with Crippen molar-refractivity contribution in [3.05, 3.63) is 51.7 Å². The molecule has 0 spiro atoms. The van der Waals surface area contributed by atoms with Crippen molar-refractivity contribution in [1.29, 1.82) is 0 Å². The van der Waals surface area contributed by atoms with Crippen LogP contribution >= 0.6 is 11.3 Å². The Hall–Kier alpha value is -1.26. The zero-order valence-electron chi connectivity index (χ0n) is 9.40. The molecule has 0 aliphatic rings. The first kappa shape index (κ1) is 12.2. The summed E-state index contributed by atoms with van der Waals surface area (Å²) in [4.78, 5) is 4.40. The van der Waals surface area contributed by atoms with Crippen molar-refractivity contribution in [3.8, 4) is 0 Å². The Morgan fingerprint density at radius 3 is 2.88 bits per heavy atom. The third-order valence-corrected chi connectivity index (χ3v) is 3.44. The number of hydrogen-bond donors (Lipinski definition) is 1. The minimum absolute atomic E-state index is 0.132. The maximum Gasteiger partial charge on any atom is 0.123 e. The van der Waals surface area contributed by atoms with Gasteiger partial charge in [-0.1, -0.05) is 12.1 Å². The summed E-state index contributed by atoms with van der Waals surface area (Å²) in [6, 6.07) is 6.66. The topological polar surface area (TPSA) is 33.1 Å². The standard InChI is InChI=1S/C13H14FNOS/c14-11-3-1-2-10(8-11)4-5-13-15-12(6-7-16)9-17-13/h1-3,8-9,16H,4-7H2. The number of aryl methyl sites for hydroxylation is 2. The molecule has 0 unspecified atom stereocenters.